The van der Waals surface area contributed by atoms with E-state index in [-0.39, 0.29) is 24.5 Å². The molecule has 0 heterocycles. The second-order valence-corrected chi connectivity index (χ2v) is 14.2. The molecule has 0 rings (SSSR count). The number of carboxylic acids is 1. The zero-order valence-electron chi connectivity index (χ0n) is 33.6. The van der Waals surface area contributed by atoms with Gasteiger partial charge in [-0.2, -0.15) is 0 Å². The SMILES string of the molecule is CC/C=C\C/C=C\C/C=C\C/C=C\C/C=C\CCCCCCCC(=O)OC(CCCCCCCCCCC)CCCCCCCC(=O)NCC(=O)O. The first-order valence-electron chi connectivity index (χ1n) is 21.4. The number of aliphatic carboxylic acids is 1. The lowest BCUT2D eigenvalue weighted by Crippen LogP contribution is -2.28. The van der Waals surface area contributed by atoms with Gasteiger partial charge in [0.2, 0.25) is 5.91 Å². The molecular weight excluding hydrogens is 647 g/mol. The average molecular weight is 726 g/mol. The van der Waals surface area contributed by atoms with E-state index in [9.17, 15) is 14.4 Å². The fourth-order valence-electron chi connectivity index (χ4n) is 6.07. The van der Waals surface area contributed by atoms with Crippen LogP contribution in [0.5, 0.6) is 0 Å². The van der Waals surface area contributed by atoms with Crippen molar-refractivity contribution < 1.29 is 24.2 Å². The predicted octanol–water partition coefficient (Wildman–Crippen LogP) is 13.2. The normalized spacial score (nSPS) is 12.7. The Bertz CT molecular complexity index is 979. The Labute approximate surface area is 320 Å². The Hall–Kier alpha value is -2.89. The minimum atomic E-state index is -1.02. The maximum atomic E-state index is 12.7. The number of esters is 1. The first-order chi connectivity index (χ1) is 25.5. The number of carbonyl (C=O) groups excluding carboxylic acids is 2. The van der Waals surface area contributed by atoms with E-state index in [4.69, 9.17) is 9.84 Å². The van der Waals surface area contributed by atoms with E-state index in [0.29, 0.717) is 12.8 Å². The van der Waals surface area contributed by atoms with Crippen LogP contribution >= 0.6 is 0 Å². The van der Waals surface area contributed by atoms with E-state index in [0.717, 1.165) is 103 Å². The van der Waals surface area contributed by atoms with Gasteiger partial charge in [0.05, 0.1) is 0 Å². The molecule has 1 atom stereocenters. The van der Waals surface area contributed by atoms with E-state index in [1.54, 1.807) is 0 Å². The summed E-state index contributed by atoms with van der Waals surface area (Å²) in [6, 6.07) is 0. The first-order valence-corrected chi connectivity index (χ1v) is 21.4. The Morgan fingerprint density at radius 1 is 0.519 bits per heavy atom. The van der Waals surface area contributed by atoms with Gasteiger partial charge in [0, 0.05) is 12.8 Å². The summed E-state index contributed by atoms with van der Waals surface area (Å²) in [6.07, 6.45) is 53.4. The van der Waals surface area contributed by atoms with Gasteiger partial charge in [0.15, 0.2) is 0 Å². The molecule has 0 aliphatic rings. The summed E-state index contributed by atoms with van der Waals surface area (Å²) in [6.45, 7) is 4.10. The molecule has 298 valence electrons. The number of carboxylic acid groups (broad SMARTS) is 1. The molecular formula is C46H79NO5. The molecule has 0 aromatic heterocycles. The maximum Gasteiger partial charge on any atom is 0.322 e. The van der Waals surface area contributed by atoms with Crippen LogP contribution in [-0.2, 0) is 19.1 Å². The lowest BCUT2D eigenvalue weighted by atomic mass is 10.0. The molecule has 52 heavy (non-hydrogen) atoms. The monoisotopic (exact) mass is 726 g/mol. The number of nitrogens with one attached hydrogen (secondary N) is 1. The molecule has 0 saturated carbocycles. The number of hydrogen-bond donors (Lipinski definition) is 2. The van der Waals surface area contributed by atoms with Crippen molar-refractivity contribution in [3.63, 3.8) is 0 Å². The second kappa shape index (κ2) is 40.9. The van der Waals surface area contributed by atoms with Crippen molar-refractivity contribution in [1.29, 1.82) is 0 Å². The van der Waals surface area contributed by atoms with Crippen LogP contribution in [0.3, 0.4) is 0 Å². The number of unbranched alkanes of at least 4 members (excludes halogenated alkanes) is 17. The minimum Gasteiger partial charge on any atom is -0.480 e. The molecule has 1 unspecified atom stereocenters. The van der Waals surface area contributed by atoms with Crippen molar-refractivity contribution in [1.82, 2.24) is 5.32 Å². The molecule has 6 nitrogen and oxygen atoms in total. The molecule has 0 spiro atoms. The van der Waals surface area contributed by atoms with Crippen LogP contribution in [0.1, 0.15) is 200 Å². The van der Waals surface area contributed by atoms with Gasteiger partial charge in [-0.3, -0.25) is 14.4 Å². The van der Waals surface area contributed by atoms with E-state index in [1.807, 2.05) is 0 Å². The van der Waals surface area contributed by atoms with Crippen LogP contribution in [0.2, 0.25) is 0 Å². The second-order valence-electron chi connectivity index (χ2n) is 14.2. The number of allylic oxidation sites excluding steroid dienone is 10. The van der Waals surface area contributed by atoms with Crippen molar-refractivity contribution in [2.45, 2.75) is 206 Å². The number of amides is 1. The van der Waals surface area contributed by atoms with Gasteiger partial charge >= 0.3 is 11.9 Å². The topological polar surface area (TPSA) is 92.7 Å². The molecule has 0 aliphatic heterocycles. The van der Waals surface area contributed by atoms with Gasteiger partial charge in [-0.25, -0.2) is 0 Å². The fraction of sp³-hybridized carbons (Fsp3) is 0.717. The molecule has 0 bridgehead atoms. The molecule has 0 aromatic carbocycles. The van der Waals surface area contributed by atoms with Crippen molar-refractivity contribution in [3.8, 4) is 0 Å². The largest absolute Gasteiger partial charge is 0.480 e. The minimum absolute atomic E-state index is 0.0160. The summed E-state index contributed by atoms with van der Waals surface area (Å²) in [5.74, 6) is -1.25. The molecule has 0 saturated heterocycles. The highest BCUT2D eigenvalue weighted by Crippen LogP contribution is 2.19. The van der Waals surface area contributed by atoms with Gasteiger partial charge in [0.1, 0.15) is 12.6 Å². The quantitative estimate of drug-likeness (QED) is 0.0375. The highest BCUT2D eigenvalue weighted by atomic mass is 16.5. The molecule has 0 aromatic rings. The fourth-order valence-corrected chi connectivity index (χ4v) is 6.07. The third kappa shape index (κ3) is 39.9. The van der Waals surface area contributed by atoms with Crippen LogP contribution < -0.4 is 5.32 Å². The van der Waals surface area contributed by atoms with Crippen molar-refractivity contribution in [3.05, 3.63) is 60.8 Å². The summed E-state index contributed by atoms with van der Waals surface area (Å²) in [7, 11) is 0. The molecule has 0 aliphatic carbocycles. The molecule has 1 amide bonds. The lowest BCUT2D eigenvalue weighted by molar-refractivity contribution is -0.150. The molecule has 6 heteroatoms. The van der Waals surface area contributed by atoms with E-state index >= 15 is 0 Å². The van der Waals surface area contributed by atoms with Gasteiger partial charge in [-0.05, 0) is 83.5 Å². The first kappa shape index (κ1) is 49.1. The van der Waals surface area contributed by atoms with Crippen LogP contribution in [0.25, 0.3) is 0 Å². The predicted molar refractivity (Wildman–Crippen MR) is 221 cm³/mol. The molecule has 0 fully saturated rings. The maximum absolute atomic E-state index is 12.7. The summed E-state index contributed by atoms with van der Waals surface area (Å²) in [5.41, 5.74) is 0. The van der Waals surface area contributed by atoms with Crippen LogP contribution in [0, 0.1) is 0 Å². The van der Waals surface area contributed by atoms with E-state index in [2.05, 4.69) is 79.9 Å². The Kier molecular flexibility index (Phi) is 38.6. The number of carbonyl (C=O) groups is 3. The van der Waals surface area contributed by atoms with E-state index in [1.165, 1.54) is 70.6 Å². The highest BCUT2D eigenvalue weighted by molar-refractivity contribution is 5.80. The standard InChI is InChI=1S/C46H79NO5/c1-3-5-7-9-11-13-14-15-16-17-18-19-20-21-22-23-24-26-28-33-37-41-46(51)52-43(38-34-30-27-25-12-10-8-6-4-2)39-35-31-29-32-36-40-44(48)47-42-45(49)50/h5,7,11,13,15-16,18-19,21-22,43H,3-4,6,8-10,12,14,17,20,23-42H2,1-2H3,(H,47,48)(H,49,50)/b7-5-,13-11-,16-15-,19-18-,22-21-. The third-order valence-corrected chi connectivity index (χ3v) is 9.20. The van der Waals surface area contributed by atoms with Gasteiger partial charge in [0.25, 0.3) is 0 Å². The zero-order valence-corrected chi connectivity index (χ0v) is 33.6. The van der Waals surface area contributed by atoms with Crippen molar-refractivity contribution in [2.24, 2.45) is 0 Å². The number of hydrogen-bond acceptors (Lipinski definition) is 4. The Morgan fingerprint density at radius 2 is 0.942 bits per heavy atom. The Morgan fingerprint density at radius 3 is 1.44 bits per heavy atom. The molecule has 0 radical (unpaired) electrons. The van der Waals surface area contributed by atoms with Gasteiger partial charge in [-0.15, -0.1) is 0 Å². The third-order valence-electron chi connectivity index (χ3n) is 9.20. The van der Waals surface area contributed by atoms with Crippen molar-refractivity contribution in [2.75, 3.05) is 6.54 Å². The highest BCUT2D eigenvalue weighted by Gasteiger charge is 2.14. The Balaban J connectivity index is 4.12. The van der Waals surface area contributed by atoms with Crippen LogP contribution in [-0.4, -0.2) is 35.6 Å². The number of ether oxygens (including phenoxy) is 1. The average Bonchev–Trinajstić information content (AvgIpc) is 3.13. The number of rotatable bonds is 38. The van der Waals surface area contributed by atoms with E-state index < -0.39 is 5.97 Å². The van der Waals surface area contributed by atoms with Gasteiger partial charge < -0.3 is 15.2 Å². The summed E-state index contributed by atoms with van der Waals surface area (Å²) >= 11 is 0. The lowest BCUT2D eigenvalue weighted by Gasteiger charge is -2.18. The van der Waals surface area contributed by atoms with Crippen molar-refractivity contribution >= 4 is 17.8 Å². The summed E-state index contributed by atoms with van der Waals surface area (Å²) < 4.78 is 6.01. The smallest absolute Gasteiger partial charge is 0.322 e. The van der Waals surface area contributed by atoms with Crippen LogP contribution in [0.4, 0.5) is 0 Å². The van der Waals surface area contributed by atoms with Crippen LogP contribution in [0.15, 0.2) is 60.8 Å². The van der Waals surface area contributed by atoms with Gasteiger partial charge in [-0.1, -0.05) is 164 Å². The summed E-state index contributed by atoms with van der Waals surface area (Å²) in [5, 5.41) is 11.1. The zero-order chi connectivity index (χ0) is 38.0. The summed E-state index contributed by atoms with van der Waals surface area (Å²) in [4.78, 5) is 35.0. The molecule has 2 N–H and O–H groups in total.